The summed E-state index contributed by atoms with van der Waals surface area (Å²) in [5, 5.41) is 12.3. The molecule has 1 aromatic carbocycles. The predicted octanol–water partition coefficient (Wildman–Crippen LogP) is 3.15. The molecule has 1 rings (SSSR count). The summed E-state index contributed by atoms with van der Waals surface area (Å²) < 4.78 is 0. The summed E-state index contributed by atoms with van der Waals surface area (Å²) in [5.74, 6) is -1.23. The Morgan fingerprint density at radius 2 is 1.71 bits per heavy atom. The molecule has 0 radical (unpaired) electrons. The van der Waals surface area contributed by atoms with Crippen molar-refractivity contribution >= 4 is 23.6 Å². The highest BCUT2D eigenvalue weighted by Crippen LogP contribution is 2.21. The standard InChI is InChI=1S/C15H21ClN2O3/c1-9(2)13(14(19)20)17-15(21)18(4)10(3)11-5-7-12(16)8-6-11/h5-10,13H,1-4H3,(H,17,21)(H,19,20)/t10?,13-/m0/s1. The highest BCUT2D eigenvalue weighted by Gasteiger charge is 2.26. The molecule has 1 unspecified atom stereocenters. The van der Waals surface area contributed by atoms with Gasteiger partial charge in [-0.05, 0) is 30.5 Å². The number of hydrogen-bond donors (Lipinski definition) is 2. The Balaban J connectivity index is 2.77. The summed E-state index contributed by atoms with van der Waals surface area (Å²) in [6, 6.07) is 5.68. The quantitative estimate of drug-likeness (QED) is 0.877. The number of halogens is 1. The van der Waals surface area contributed by atoms with Crippen LogP contribution in [0, 0.1) is 5.92 Å². The van der Waals surface area contributed by atoms with Crippen LogP contribution in [0.1, 0.15) is 32.4 Å². The smallest absolute Gasteiger partial charge is 0.326 e. The van der Waals surface area contributed by atoms with Gasteiger partial charge in [-0.1, -0.05) is 37.6 Å². The van der Waals surface area contributed by atoms with Gasteiger partial charge in [0, 0.05) is 12.1 Å². The van der Waals surface area contributed by atoms with Crippen LogP contribution < -0.4 is 5.32 Å². The Bertz CT molecular complexity index is 502. The monoisotopic (exact) mass is 312 g/mol. The summed E-state index contributed by atoms with van der Waals surface area (Å²) >= 11 is 5.84. The van der Waals surface area contributed by atoms with Gasteiger partial charge < -0.3 is 15.3 Å². The van der Waals surface area contributed by atoms with E-state index in [4.69, 9.17) is 16.7 Å². The van der Waals surface area contributed by atoms with Crippen molar-refractivity contribution in [2.45, 2.75) is 32.9 Å². The van der Waals surface area contributed by atoms with E-state index in [9.17, 15) is 9.59 Å². The van der Waals surface area contributed by atoms with Crippen LogP contribution in [-0.4, -0.2) is 35.1 Å². The average molecular weight is 313 g/mol. The van der Waals surface area contributed by atoms with Crippen molar-refractivity contribution in [2.24, 2.45) is 5.92 Å². The molecule has 116 valence electrons. The first-order chi connectivity index (χ1) is 9.73. The molecule has 2 atom stereocenters. The Hall–Kier alpha value is -1.75. The van der Waals surface area contributed by atoms with Crippen LogP contribution in [0.25, 0.3) is 0 Å². The second kappa shape index (κ2) is 7.31. The second-order valence-electron chi connectivity index (χ2n) is 5.35. The summed E-state index contributed by atoms with van der Waals surface area (Å²) in [5.41, 5.74) is 0.925. The molecule has 0 saturated carbocycles. The number of carboxylic acids is 1. The Kier molecular flexibility index (Phi) is 6.03. The first-order valence-electron chi connectivity index (χ1n) is 6.75. The van der Waals surface area contributed by atoms with Crippen LogP contribution in [0.15, 0.2) is 24.3 Å². The highest BCUT2D eigenvalue weighted by atomic mass is 35.5. The number of carbonyl (C=O) groups is 2. The third-order valence-corrected chi connectivity index (χ3v) is 3.72. The molecule has 5 nitrogen and oxygen atoms in total. The van der Waals surface area contributed by atoms with Crippen LogP contribution >= 0.6 is 11.6 Å². The van der Waals surface area contributed by atoms with Crippen molar-refractivity contribution in [3.8, 4) is 0 Å². The predicted molar refractivity (Wildman–Crippen MR) is 82.4 cm³/mol. The van der Waals surface area contributed by atoms with Crippen molar-refractivity contribution < 1.29 is 14.7 Å². The van der Waals surface area contributed by atoms with Gasteiger partial charge in [0.15, 0.2) is 0 Å². The minimum absolute atomic E-state index is 0.189. The van der Waals surface area contributed by atoms with Gasteiger partial charge in [-0.2, -0.15) is 0 Å². The summed E-state index contributed by atoms with van der Waals surface area (Å²) in [6.07, 6.45) is 0. The molecule has 2 amide bonds. The summed E-state index contributed by atoms with van der Waals surface area (Å²) in [7, 11) is 1.63. The lowest BCUT2D eigenvalue weighted by Gasteiger charge is -2.28. The lowest BCUT2D eigenvalue weighted by molar-refractivity contribution is -0.140. The van der Waals surface area contributed by atoms with Gasteiger partial charge in [0.05, 0.1) is 6.04 Å². The average Bonchev–Trinajstić information content (AvgIpc) is 2.42. The molecular formula is C15H21ClN2O3. The van der Waals surface area contributed by atoms with Crippen molar-refractivity contribution in [1.82, 2.24) is 10.2 Å². The Labute approximate surface area is 129 Å². The van der Waals surface area contributed by atoms with E-state index in [0.29, 0.717) is 5.02 Å². The number of nitrogens with zero attached hydrogens (tertiary/aromatic N) is 1. The van der Waals surface area contributed by atoms with Crippen molar-refractivity contribution in [2.75, 3.05) is 7.05 Å². The van der Waals surface area contributed by atoms with E-state index < -0.39 is 18.0 Å². The van der Waals surface area contributed by atoms with Gasteiger partial charge in [0.2, 0.25) is 0 Å². The number of rotatable bonds is 5. The van der Waals surface area contributed by atoms with Crippen LogP contribution in [0.4, 0.5) is 4.79 Å². The lowest BCUT2D eigenvalue weighted by atomic mass is 10.0. The van der Waals surface area contributed by atoms with Gasteiger partial charge in [-0.25, -0.2) is 9.59 Å². The lowest BCUT2D eigenvalue weighted by Crippen LogP contribution is -2.49. The first kappa shape index (κ1) is 17.3. The maximum absolute atomic E-state index is 12.2. The SMILES string of the molecule is CC(C)[C@H](NC(=O)N(C)C(C)c1ccc(Cl)cc1)C(=O)O. The number of urea groups is 1. The van der Waals surface area contributed by atoms with Gasteiger partial charge in [-0.15, -0.1) is 0 Å². The van der Waals surface area contributed by atoms with E-state index in [0.717, 1.165) is 5.56 Å². The molecule has 21 heavy (non-hydrogen) atoms. The van der Waals surface area contributed by atoms with Crippen LogP contribution in [0.3, 0.4) is 0 Å². The third-order valence-electron chi connectivity index (χ3n) is 3.47. The topological polar surface area (TPSA) is 69.6 Å². The maximum atomic E-state index is 12.2. The summed E-state index contributed by atoms with van der Waals surface area (Å²) in [4.78, 5) is 24.8. The fourth-order valence-electron chi connectivity index (χ4n) is 1.89. The van der Waals surface area contributed by atoms with Gasteiger partial charge in [-0.3, -0.25) is 0 Å². The number of aliphatic carboxylic acids is 1. The normalized spacial score (nSPS) is 13.6. The van der Waals surface area contributed by atoms with E-state index in [1.807, 2.05) is 19.1 Å². The number of nitrogens with one attached hydrogen (secondary N) is 1. The number of hydrogen-bond acceptors (Lipinski definition) is 2. The molecule has 0 aliphatic rings. The molecule has 0 fully saturated rings. The fraction of sp³-hybridized carbons (Fsp3) is 0.467. The van der Waals surface area contributed by atoms with Crippen LogP contribution in [0.2, 0.25) is 5.02 Å². The van der Waals surface area contributed by atoms with E-state index in [1.54, 1.807) is 33.0 Å². The second-order valence-corrected chi connectivity index (χ2v) is 5.78. The van der Waals surface area contributed by atoms with Crippen molar-refractivity contribution in [1.29, 1.82) is 0 Å². The van der Waals surface area contributed by atoms with E-state index in [2.05, 4.69) is 5.32 Å². The molecule has 2 N–H and O–H groups in total. The van der Waals surface area contributed by atoms with E-state index in [-0.39, 0.29) is 12.0 Å². The van der Waals surface area contributed by atoms with Gasteiger partial charge >= 0.3 is 12.0 Å². The molecule has 0 saturated heterocycles. The number of benzene rings is 1. The maximum Gasteiger partial charge on any atom is 0.326 e. The molecule has 6 heteroatoms. The minimum atomic E-state index is -1.04. The van der Waals surface area contributed by atoms with E-state index >= 15 is 0 Å². The van der Waals surface area contributed by atoms with Crippen molar-refractivity contribution in [3.63, 3.8) is 0 Å². The first-order valence-corrected chi connectivity index (χ1v) is 7.13. The molecule has 0 spiro atoms. The Morgan fingerprint density at radius 1 is 1.19 bits per heavy atom. The number of amides is 2. The van der Waals surface area contributed by atoms with Crippen LogP contribution in [0.5, 0.6) is 0 Å². The van der Waals surface area contributed by atoms with E-state index in [1.165, 1.54) is 4.90 Å². The molecular weight excluding hydrogens is 292 g/mol. The molecule has 1 aromatic rings. The zero-order valence-electron chi connectivity index (χ0n) is 12.6. The zero-order valence-corrected chi connectivity index (χ0v) is 13.4. The molecule has 0 aliphatic heterocycles. The molecule has 0 bridgehead atoms. The van der Waals surface area contributed by atoms with Crippen LogP contribution in [-0.2, 0) is 4.79 Å². The zero-order chi connectivity index (χ0) is 16.2. The summed E-state index contributed by atoms with van der Waals surface area (Å²) in [6.45, 7) is 5.37. The third kappa shape index (κ3) is 4.63. The minimum Gasteiger partial charge on any atom is -0.480 e. The molecule has 0 aromatic heterocycles. The van der Waals surface area contributed by atoms with Gasteiger partial charge in [0.1, 0.15) is 6.04 Å². The van der Waals surface area contributed by atoms with Gasteiger partial charge in [0.25, 0.3) is 0 Å². The molecule has 0 heterocycles. The molecule has 0 aliphatic carbocycles. The number of carbonyl (C=O) groups excluding carboxylic acids is 1. The fourth-order valence-corrected chi connectivity index (χ4v) is 2.02. The highest BCUT2D eigenvalue weighted by molar-refractivity contribution is 6.30. The largest absolute Gasteiger partial charge is 0.480 e. The number of carboxylic acid groups (broad SMARTS) is 1. The van der Waals surface area contributed by atoms with Crippen molar-refractivity contribution in [3.05, 3.63) is 34.9 Å². The Morgan fingerprint density at radius 3 is 2.14 bits per heavy atom.